The average molecular weight is 479 g/mol. The highest BCUT2D eigenvalue weighted by atomic mass is 35.5. The van der Waals surface area contributed by atoms with Crippen LogP contribution in [0.5, 0.6) is 0 Å². The zero-order valence-corrected chi connectivity index (χ0v) is 19.3. The molecule has 2 unspecified atom stereocenters. The van der Waals surface area contributed by atoms with Gasteiger partial charge in [0.05, 0.1) is 11.7 Å². The van der Waals surface area contributed by atoms with Crippen LogP contribution in [0.3, 0.4) is 0 Å². The minimum absolute atomic E-state index is 0.120. The summed E-state index contributed by atoms with van der Waals surface area (Å²) in [7, 11) is 0. The Morgan fingerprint density at radius 3 is 2.56 bits per heavy atom. The van der Waals surface area contributed by atoms with E-state index in [0.29, 0.717) is 16.7 Å². The lowest BCUT2D eigenvalue weighted by Crippen LogP contribution is -2.29. The standard InChI is InChI=1S/C24H19ClN4OS2/c25-17-4-6-18(7-5-17)32-21-9-8-20(30-21)23-22(19-3-1-2-12-27-19)28-24(31)29(23)15-16-10-13-26-14-11-16/h1-14,22-23H,15H2,(H,28,31). The van der Waals surface area contributed by atoms with E-state index >= 15 is 0 Å². The first kappa shape index (κ1) is 21.0. The van der Waals surface area contributed by atoms with Crippen LogP contribution in [-0.4, -0.2) is 20.0 Å². The molecule has 0 saturated carbocycles. The van der Waals surface area contributed by atoms with Gasteiger partial charge in [0.15, 0.2) is 10.2 Å². The van der Waals surface area contributed by atoms with Gasteiger partial charge >= 0.3 is 0 Å². The van der Waals surface area contributed by atoms with E-state index in [-0.39, 0.29) is 12.1 Å². The van der Waals surface area contributed by atoms with Crippen molar-refractivity contribution in [2.24, 2.45) is 0 Å². The summed E-state index contributed by atoms with van der Waals surface area (Å²) in [4.78, 5) is 11.9. The fourth-order valence-electron chi connectivity index (χ4n) is 3.74. The van der Waals surface area contributed by atoms with Gasteiger partial charge in [-0.15, -0.1) is 0 Å². The molecule has 3 aromatic heterocycles. The minimum Gasteiger partial charge on any atom is -0.452 e. The van der Waals surface area contributed by atoms with Crippen LogP contribution >= 0.6 is 35.6 Å². The molecular weight excluding hydrogens is 460 g/mol. The van der Waals surface area contributed by atoms with E-state index in [2.05, 4.69) is 20.2 Å². The molecule has 5 nitrogen and oxygen atoms in total. The minimum atomic E-state index is -0.134. The molecule has 1 aromatic carbocycles. The summed E-state index contributed by atoms with van der Waals surface area (Å²) in [5, 5.41) is 5.65. The van der Waals surface area contributed by atoms with Gasteiger partial charge in [-0.25, -0.2) is 0 Å². The number of nitrogens with one attached hydrogen (secondary N) is 1. The van der Waals surface area contributed by atoms with Crippen molar-refractivity contribution in [3.8, 4) is 0 Å². The predicted octanol–water partition coefficient (Wildman–Crippen LogP) is 6.05. The Labute approximate surface area is 200 Å². The summed E-state index contributed by atoms with van der Waals surface area (Å²) in [6.07, 6.45) is 5.38. The Morgan fingerprint density at radius 1 is 1.00 bits per heavy atom. The number of benzene rings is 1. The Morgan fingerprint density at radius 2 is 1.81 bits per heavy atom. The van der Waals surface area contributed by atoms with Crippen molar-refractivity contribution in [1.29, 1.82) is 0 Å². The predicted molar refractivity (Wildman–Crippen MR) is 130 cm³/mol. The smallest absolute Gasteiger partial charge is 0.170 e. The lowest BCUT2D eigenvalue weighted by atomic mass is 10.0. The number of nitrogens with zero attached hydrogens (tertiary/aromatic N) is 3. The molecule has 0 radical (unpaired) electrons. The number of aromatic nitrogens is 2. The molecule has 5 rings (SSSR count). The average Bonchev–Trinajstić information content (AvgIpc) is 3.41. The lowest BCUT2D eigenvalue weighted by molar-refractivity contribution is 0.254. The largest absolute Gasteiger partial charge is 0.452 e. The van der Waals surface area contributed by atoms with Crippen molar-refractivity contribution in [3.63, 3.8) is 0 Å². The van der Waals surface area contributed by atoms with Crippen LogP contribution in [0.15, 0.2) is 99.7 Å². The van der Waals surface area contributed by atoms with Crippen LogP contribution in [0.1, 0.15) is 29.1 Å². The normalized spacial score (nSPS) is 18.0. The van der Waals surface area contributed by atoms with Gasteiger partial charge in [-0.1, -0.05) is 29.4 Å². The van der Waals surface area contributed by atoms with Gasteiger partial charge in [0.2, 0.25) is 0 Å². The molecule has 0 aliphatic carbocycles. The van der Waals surface area contributed by atoms with Crippen molar-refractivity contribution in [1.82, 2.24) is 20.2 Å². The molecule has 2 atom stereocenters. The van der Waals surface area contributed by atoms with Gasteiger partial charge in [0.25, 0.3) is 0 Å². The van der Waals surface area contributed by atoms with E-state index in [9.17, 15) is 0 Å². The van der Waals surface area contributed by atoms with E-state index in [1.54, 1.807) is 30.4 Å². The van der Waals surface area contributed by atoms with Gasteiger partial charge in [-0.2, -0.15) is 0 Å². The number of thiocarbonyl (C=S) groups is 1. The first-order chi connectivity index (χ1) is 15.7. The van der Waals surface area contributed by atoms with E-state index in [1.165, 1.54) is 0 Å². The van der Waals surface area contributed by atoms with Gasteiger partial charge in [-0.3, -0.25) is 9.97 Å². The molecule has 32 heavy (non-hydrogen) atoms. The molecule has 1 fully saturated rings. The molecule has 8 heteroatoms. The lowest BCUT2D eigenvalue weighted by Gasteiger charge is -2.26. The second-order valence-electron chi connectivity index (χ2n) is 7.32. The molecule has 0 bridgehead atoms. The van der Waals surface area contributed by atoms with Gasteiger partial charge in [-0.05, 0) is 78.4 Å². The number of halogens is 1. The van der Waals surface area contributed by atoms with Crippen molar-refractivity contribution < 1.29 is 4.42 Å². The van der Waals surface area contributed by atoms with Crippen LogP contribution in [0.2, 0.25) is 5.02 Å². The fourth-order valence-corrected chi connectivity index (χ4v) is 4.95. The van der Waals surface area contributed by atoms with Gasteiger partial charge in [0.1, 0.15) is 11.8 Å². The van der Waals surface area contributed by atoms with Crippen molar-refractivity contribution in [2.45, 2.75) is 28.6 Å². The number of hydrogen-bond acceptors (Lipinski definition) is 5. The maximum Gasteiger partial charge on any atom is 0.170 e. The number of furan rings is 1. The summed E-state index contributed by atoms with van der Waals surface area (Å²) in [6, 6.07) is 21.4. The van der Waals surface area contributed by atoms with E-state index in [1.807, 2.05) is 66.7 Å². The third kappa shape index (κ3) is 4.50. The molecule has 1 N–H and O–H groups in total. The highest BCUT2D eigenvalue weighted by Crippen LogP contribution is 2.41. The van der Waals surface area contributed by atoms with Gasteiger partial charge in [0, 0.05) is 35.1 Å². The quantitative estimate of drug-likeness (QED) is 0.338. The Hall–Kier alpha value is -2.87. The highest BCUT2D eigenvalue weighted by molar-refractivity contribution is 7.99. The van der Waals surface area contributed by atoms with E-state index in [4.69, 9.17) is 28.2 Å². The molecule has 0 amide bonds. The monoisotopic (exact) mass is 478 g/mol. The first-order valence-electron chi connectivity index (χ1n) is 10.1. The number of hydrogen-bond donors (Lipinski definition) is 1. The molecule has 4 aromatic rings. The van der Waals surface area contributed by atoms with Crippen molar-refractivity contribution in [3.05, 3.63) is 107 Å². The molecule has 1 aliphatic heterocycles. The Kier molecular flexibility index (Phi) is 6.12. The zero-order valence-electron chi connectivity index (χ0n) is 16.9. The van der Waals surface area contributed by atoms with Crippen molar-refractivity contribution in [2.75, 3.05) is 0 Å². The van der Waals surface area contributed by atoms with E-state index in [0.717, 1.165) is 27.0 Å². The molecule has 1 saturated heterocycles. The third-order valence-electron chi connectivity index (χ3n) is 5.23. The van der Waals surface area contributed by atoms with Crippen LogP contribution in [0.4, 0.5) is 0 Å². The maximum atomic E-state index is 6.32. The second kappa shape index (κ2) is 9.32. The zero-order chi connectivity index (χ0) is 21.9. The Bertz CT molecular complexity index is 1200. The number of rotatable bonds is 6. The van der Waals surface area contributed by atoms with Crippen LogP contribution < -0.4 is 5.32 Å². The topological polar surface area (TPSA) is 54.2 Å². The molecular formula is C24H19ClN4OS2. The molecule has 4 heterocycles. The fraction of sp³-hybridized carbons (Fsp3) is 0.125. The summed E-state index contributed by atoms with van der Waals surface area (Å²) >= 11 is 13.3. The van der Waals surface area contributed by atoms with Gasteiger partial charge < -0.3 is 14.6 Å². The number of pyridine rings is 2. The second-order valence-corrected chi connectivity index (χ2v) is 9.22. The summed E-state index contributed by atoms with van der Waals surface area (Å²) < 4.78 is 6.32. The van der Waals surface area contributed by atoms with E-state index < -0.39 is 0 Å². The summed E-state index contributed by atoms with van der Waals surface area (Å²) in [5.74, 6) is 0.832. The highest BCUT2D eigenvalue weighted by Gasteiger charge is 2.41. The van der Waals surface area contributed by atoms with Crippen LogP contribution in [0.25, 0.3) is 0 Å². The first-order valence-corrected chi connectivity index (χ1v) is 11.7. The Balaban J connectivity index is 1.47. The van der Waals surface area contributed by atoms with Crippen LogP contribution in [0, 0.1) is 0 Å². The molecule has 160 valence electrons. The summed E-state index contributed by atoms with van der Waals surface area (Å²) in [6.45, 7) is 0.642. The summed E-state index contributed by atoms with van der Waals surface area (Å²) in [5.41, 5.74) is 2.04. The van der Waals surface area contributed by atoms with Crippen LogP contribution in [-0.2, 0) is 6.54 Å². The third-order valence-corrected chi connectivity index (χ3v) is 6.76. The SMILES string of the molecule is S=C1NC(c2ccccn2)C(c2ccc(Sc3ccc(Cl)cc3)o2)N1Cc1ccncc1. The molecule has 1 aliphatic rings. The molecule has 0 spiro atoms. The van der Waals surface area contributed by atoms with Crippen molar-refractivity contribution >= 4 is 40.7 Å². The maximum absolute atomic E-state index is 6.32.